The minimum absolute atomic E-state index is 0.424. The van der Waals surface area contributed by atoms with Gasteiger partial charge >= 0.3 is 6.09 Å². The Morgan fingerprint density at radius 3 is 2.50 bits per heavy atom. The van der Waals surface area contributed by atoms with Crippen LogP contribution in [0.3, 0.4) is 0 Å². The van der Waals surface area contributed by atoms with Crippen LogP contribution >= 0.6 is 0 Å². The molecule has 2 amide bonds. The van der Waals surface area contributed by atoms with Crippen LogP contribution in [-0.2, 0) is 4.74 Å². The first-order valence-corrected chi connectivity index (χ1v) is 6.10. The van der Waals surface area contributed by atoms with Gasteiger partial charge in [0.2, 0.25) is 0 Å². The normalized spacial score (nSPS) is 11.2. The van der Waals surface area contributed by atoms with Gasteiger partial charge in [-0.15, -0.1) is 0 Å². The minimum atomic E-state index is -0.711. The highest BCUT2D eigenvalue weighted by Crippen LogP contribution is 2.25. The molecule has 0 radical (unpaired) electrons. The fourth-order valence-electron chi connectivity index (χ4n) is 1.63. The van der Waals surface area contributed by atoms with Crippen LogP contribution in [0.5, 0.6) is 0 Å². The predicted octanol–water partition coefficient (Wildman–Crippen LogP) is 2.55. The first kappa shape index (κ1) is 13.9. The lowest BCUT2D eigenvalue weighted by Gasteiger charge is -2.19. The van der Waals surface area contributed by atoms with E-state index in [1.807, 2.05) is 0 Å². The summed E-state index contributed by atoms with van der Waals surface area (Å²) in [5, 5.41) is 0. The number of hydrazine groups is 1. The third-order valence-corrected chi connectivity index (χ3v) is 2.42. The molecular weight excluding hydrogens is 260 g/mol. The van der Waals surface area contributed by atoms with E-state index < -0.39 is 17.6 Å². The molecule has 2 aliphatic rings. The molecule has 2 rings (SSSR count). The van der Waals surface area contributed by atoms with E-state index in [0.29, 0.717) is 5.56 Å². The molecule has 0 saturated carbocycles. The van der Waals surface area contributed by atoms with Crippen molar-refractivity contribution < 1.29 is 18.7 Å². The molecule has 1 heterocycles. The second-order valence-corrected chi connectivity index (χ2v) is 5.29. The molecule has 0 spiro atoms. The number of ether oxygens (including phenoxy) is 1. The average Bonchev–Trinajstić information content (AvgIpc) is 2.77. The second-order valence-electron chi connectivity index (χ2n) is 5.29. The number of fused-ring (bicyclic) bond motifs is 1. The largest absolute Gasteiger partial charge is 0.472 e. The Morgan fingerprint density at radius 1 is 1.15 bits per heavy atom. The van der Waals surface area contributed by atoms with Crippen molar-refractivity contribution in [3.8, 4) is 11.1 Å². The van der Waals surface area contributed by atoms with Gasteiger partial charge in [-0.05, 0) is 44.5 Å². The SMILES string of the molecule is CC(C)(C)OC(=O)NNC(=O)c1cc2ccocc-2c1. The molecule has 6 heteroatoms. The highest BCUT2D eigenvalue weighted by atomic mass is 16.6. The summed E-state index contributed by atoms with van der Waals surface area (Å²) in [4.78, 5) is 23.3. The standard InChI is InChI=1S/C14H16N2O4/c1-14(2,3)20-13(18)16-15-12(17)10-6-9-4-5-19-8-11(9)7-10/h4-8H,1-3H3,(H,15,17)(H,16,18). The molecular formula is C14H16N2O4. The van der Waals surface area contributed by atoms with Gasteiger partial charge < -0.3 is 9.15 Å². The molecule has 2 N–H and O–H groups in total. The highest BCUT2D eigenvalue weighted by molar-refractivity contribution is 5.98. The van der Waals surface area contributed by atoms with E-state index in [9.17, 15) is 9.59 Å². The zero-order valence-electron chi connectivity index (χ0n) is 11.5. The van der Waals surface area contributed by atoms with Crippen LogP contribution in [0.15, 0.2) is 35.1 Å². The van der Waals surface area contributed by atoms with Crippen molar-refractivity contribution in [1.29, 1.82) is 0 Å². The van der Waals surface area contributed by atoms with E-state index in [-0.39, 0.29) is 0 Å². The Bertz CT molecular complexity index is 568. The van der Waals surface area contributed by atoms with E-state index in [0.717, 1.165) is 11.1 Å². The summed E-state index contributed by atoms with van der Waals surface area (Å²) in [6, 6.07) is 5.13. The van der Waals surface area contributed by atoms with Crippen molar-refractivity contribution in [2.45, 2.75) is 26.4 Å². The van der Waals surface area contributed by atoms with Gasteiger partial charge in [-0.3, -0.25) is 10.2 Å². The van der Waals surface area contributed by atoms with Crippen molar-refractivity contribution >= 4 is 12.0 Å². The lowest BCUT2D eigenvalue weighted by molar-refractivity contribution is 0.0483. The molecule has 106 valence electrons. The van der Waals surface area contributed by atoms with Gasteiger partial charge in [-0.2, -0.15) is 0 Å². The summed E-state index contributed by atoms with van der Waals surface area (Å²) in [6.07, 6.45) is 2.37. The van der Waals surface area contributed by atoms with E-state index in [4.69, 9.17) is 9.15 Å². The van der Waals surface area contributed by atoms with Crippen LogP contribution in [0.1, 0.15) is 31.1 Å². The Labute approximate surface area is 116 Å². The molecule has 0 unspecified atom stereocenters. The smallest absolute Gasteiger partial charge is 0.426 e. The molecule has 0 aromatic carbocycles. The number of carbonyl (C=O) groups excluding carboxylic acids is 2. The molecule has 0 bridgehead atoms. The number of carbonyl (C=O) groups is 2. The van der Waals surface area contributed by atoms with Gasteiger partial charge in [-0.1, -0.05) is 0 Å². The molecule has 1 aliphatic heterocycles. The van der Waals surface area contributed by atoms with Crippen molar-refractivity contribution in [2.75, 3.05) is 0 Å². The fourth-order valence-corrected chi connectivity index (χ4v) is 1.63. The fraction of sp³-hybridized carbons (Fsp3) is 0.286. The van der Waals surface area contributed by atoms with Crippen LogP contribution in [0.4, 0.5) is 4.79 Å². The summed E-state index contributed by atoms with van der Waals surface area (Å²) >= 11 is 0. The quantitative estimate of drug-likeness (QED) is 0.784. The van der Waals surface area contributed by atoms with Crippen LogP contribution in [0.2, 0.25) is 0 Å². The monoisotopic (exact) mass is 276 g/mol. The summed E-state index contributed by atoms with van der Waals surface area (Å²) in [7, 11) is 0. The first-order valence-electron chi connectivity index (χ1n) is 6.10. The summed E-state index contributed by atoms with van der Waals surface area (Å²) in [5.74, 6) is -0.424. The molecule has 0 atom stereocenters. The summed E-state index contributed by atoms with van der Waals surface area (Å²) < 4.78 is 10.0. The average molecular weight is 276 g/mol. The molecule has 0 aromatic rings. The topological polar surface area (TPSA) is 80.6 Å². The lowest BCUT2D eigenvalue weighted by atomic mass is 10.2. The van der Waals surface area contributed by atoms with Gasteiger partial charge in [0.25, 0.3) is 5.91 Å². The van der Waals surface area contributed by atoms with Crippen molar-refractivity contribution in [3.05, 3.63) is 36.3 Å². The van der Waals surface area contributed by atoms with Gasteiger partial charge in [-0.25, -0.2) is 10.2 Å². The molecule has 1 aliphatic carbocycles. The highest BCUT2D eigenvalue weighted by Gasteiger charge is 2.17. The van der Waals surface area contributed by atoms with Crippen LogP contribution in [0.25, 0.3) is 11.1 Å². The number of rotatable bonds is 1. The second kappa shape index (κ2) is 5.24. The summed E-state index contributed by atoms with van der Waals surface area (Å²) in [5.41, 5.74) is 6.00. The minimum Gasteiger partial charge on any atom is -0.472 e. The van der Waals surface area contributed by atoms with Gasteiger partial charge in [0.05, 0.1) is 12.5 Å². The molecule has 6 nitrogen and oxygen atoms in total. The Morgan fingerprint density at radius 2 is 1.85 bits per heavy atom. The Balaban J connectivity index is 1.96. The van der Waals surface area contributed by atoms with Crippen molar-refractivity contribution in [3.63, 3.8) is 0 Å². The summed E-state index contributed by atoms with van der Waals surface area (Å²) in [6.45, 7) is 5.21. The predicted molar refractivity (Wildman–Crippen MR) is 72.2 cm³/mol. The van der Waals surface area contributed by atoms with E-state index in [1.165, 1.54) is 6.26 Å². The van der Waals surface area contributed by atoms with Gasteiger partial charge in [0, 0.05) is 11.1 Å². The number of hydrogen-bond donors (Lipinski definition) is 2. The van der Waals surface area contributed by atoms with Crippen LogP contribution in [-0.4, -0.2) is 17.6 Å². The third-order valence-electron chi connectivity index (χ3n) is 2.42. The molecule has 0 saturated heterocycles. The number of amides is 2. The zero-order chi connectivity index (χ0) is 14.8. The number of hydrogen-bond acceptors (Lipinski definition) is 4. The number of nitrogens with one attached hydrogen (secondary N) is 2. The lowest BCUT2D eigenvalue weighted by Crippen LogP contribution is -2.44. The van der Waals surface area contributed by atoms with Gasteiger partial charge in [0.1, 0.15) is 5.60 Å². The molecule has 20 heavy (non-hydrogen) atoms. The Kier molecular flexibility index (Phi) is 3.65. The maximum Gasteiger partial charge on any atom is 0.426 e. The maximum absolute atomic E-state index is 11.9. The first-order chi connectivity index (χ1) is 9.35. The molecule has 0 aromatic heterocycles. The maximum atomic E-state index is 11.9. The van der Waals surface area contributed by atoms with Crippen LogP contribution < -0.4 is 10.9 Å². The van der Waals surface area contributed by atoms with Gasteiger partial charge in [0.15, 0.2) is 0 Å². The van der Waals surface area contributed by atoms with Crippen molar-refractivity contribution in [1.82, 2.24) is 10.9 Å². The van der Waals surface area contributed by atoms with Crippen LogP contribution in [0, 0.1) is 0 Å². The van der Waals surface area contributed by atoms with Crippen molar-refractivity contribution in [2.24, 2.45) is 0 Å². The van der Waals surface area contributed by atoms with E-state index in [2.05, 4.69) is 10.9 Å². The third kappa shape index (κ3) is 3.50. The zero-order valence-corrected chi connectivity index (χ0v) is 11.5. The van der Waals surface area contributed by atoms with E-state index in [1.54, 1.807) is 45.2 Å². The van der Waals surface area contributed by atoms with E-state index >= 15 is 0 Å². The Hall–Kier alpha value is -2.50. The molecule has 0 fully saturated rings.